The molecule has 0 heterocycles. The zero-order valence-corrected chi connectivity index (χ0v) is 9.11. The molecule has 0 aromatic carbocycles. The second kappa shape index (κ2) is 3.72. The van der Waals surface area contributed by atoms with Gasteiger partial charge in [-0.1, -0.05) is 20.8 Å². The first-order valence-corrected chi connectivity index (χ1v) is 5.20. The third-order valence-electron chi connectivity index (χ3n) is 2.90. The second-order valence-electron chi connectivity index (χ2n) is 4.95. The van der Waals surface area contributed by atoms with Crippen molar-refractivity contribution in [2.75, 3.05) is 0 Å². The van der Waals surface area contributed by atoms with Crippen molar-refractivity contribution in [3.05, 3.63) is 0 Å². The highest BCUT2D eigenvalue weighted by molar-refractivity contribution is 6.21. The van der Waals surface area contributed by atoms with E-state index in [-0.39, 0.29) is 11.3 Å². The molecule has 0 radical (unpaired) electrons. The van der Waals surface area contributed by atoms with Gasteiger partial charge in [-0.3, -0.25) is 0 Å². The van der Waals surface area contributed by atoms with Crippen molar-refractivity contribution in [1.29, 1.82) is 0 Å². The van der Waals surface area contributed by atoms with E-state index in [0.29, 0.717) is 12.8 Å². The van der Waals surface area contributed by atoms with E-state index in [2.05, 4.69) is 0 Å². The van der Waals surface area contributed by atoms with E-state index in [1.807, 2.05) is 20.8 Å². The van der Waals surface area contributed by atoms with Gasteiger partial charge in [-0.05, 0) is 24.2 Å². The van der Waals surface area contributed by atoms with Crippen molar-refractivity contribution in [1.82, 2.24) is 0 Å². The fourth-order valence-electron chi connectivity index (χ4n) is 1.99. The highest BCUT2D eigenvalue weighted by atomic mass is 35.5. The lowest BCUT2D eigenvalue weighted by molar-refractivity contribution is 0.0143. The molecule has 0 N–H and O–H groups in total. The molecule has 1 fully saturated rings. The Hall–Kier alpha value is 0.150. The normalized spacial score (nSPS) is 42.0. The topological polar surface area (TPSA) is 0 Å². The summed E-state index contributed by atoms with van der Waals surface area (Å²) >= 11 is 5.66. The molecule has 4 atom stereocenters. The van der Waals surface area contributed by atoms with Crippen LogP contribution in [0.2, 0.25) is 0 Å². The molecule has 0 aromatic rings. The molecule has 1 rings (SSSR count). The van der Waals surface area contributed by atoms with Crippen LogP contribution in [0.5, 0.6) is 0 Å². The third-order valence-corrected chi connectivity index (χ3v) is 3.36. The first kappa shape index (κ1) is 11.2. The Morgan fingerprint density at radius 2 is 1.62 bits per heavy atom. The Labute approximate surface area is 83.7 Å². The van der Waals surface area contributed by atoms with Crippen molar-refractivity contribution in [3.63, 3.8) is 0 Å². The maximum Gasteiger partial charge on any atom is 0.148 e. The summed E-state index contributed by atoms with van der Waals surface area (Å²) in [5.41, 5.74) is -0.166. The molecule has 0 aliphatic heterocycles. The molecule has 0 nitrogen and oxygen atoms in total. The molecule has 1 saturated carbocycles. The van der Waals surface area contributed by atoms with Crippen LogP contribution in [0, 0.1) is 11.3 Å². The molecule has 1 aliphatic carbocycles. The molecule has 13 heavy (non-hydrogen) atoms. The average Bonchev–Trinajstić information content (AvgIpc) is 1.98. The molecule has 0 bridgehead atoms. The summed E-state index contributed by atoms with van der Waals surface area (Å²) in [7, 11) is 0. The molecule has 3 heteroatoms. The van der Waals surface area contributed by atoms with Crippen LogP contribution in [0.3, 0.4) is 0 Å². The van der Waals surface area contributed by atoms with Crippen LogP contribution in [-0.4, -0.2) is 17.7 Å². The van der Waals surface area contributed by atoms with Crippen molar-refractivity contribution in [2.24, 2.45) is 11.3 Å². The molecular formula is C10H17ClF2. The van der Waals surface area contributed by atoms with Gasteiger partial charge in [0, 0.05) is 0 Å². The SMILES string of the molecule is CC(C)(C)C1CCC(Cl)C(F)C1F. The van der Waals surface area contributed by atoms with Gasteiger partial charge >= 0.3 is 0 Å². The Morgan fingerprint density at radius 1 is 1.08 bits per heavy atom. The molecule has 0 saturated heterocycles. The predicted molar refractivity (Wildman–Crippen MR) is 51.6 cm³/mol. The van der Waals surface area contributed by atoms with Gasteiger partial charge < -0.3 is 0 Å². The van der Waals surface area contributed by atoms with Crippen LogP contribution < -0.4 is 0 Å². The Bertz CT molecular complexity index is 176. The van der Waals surface area contributed by atoms with E-state index in [0.717, 1.165) is 0 Å². The summed E-state index contributed by atoms with van der Waals surface area (Å²) in [4.78, 5) is 0. The maximum absolute atomic E-state index is 13.5. The van der Waals surface area contributed by atoms with Gasteiger partial charge in [-0.15, -0.1) is 11.6 Å². The van der Waals surface area contributed by atoms with Gasteiger partial charge in [0.15, 0.2) is 0 Å². The second-order valence-corrected chi connectivity index (χ2v) is 5.52. The lowest BCUT2D eigenvalue weighted by Gasteiger charge is -2.39. The maximum atomic E-state index is 13.5. The van der Waals surface area contributed by atoms with Crippen LogP contribution in [0.25, 0.3) is 0 Å². The summed E-state index contributed by atoms with van der Waals surface area (Å²) in [6.45, 7) is 5.85. The lowest BCUT2D eigenvalue weighted by Crippen LogP contribution is -2.44. The summed E-state index contributed by atoms with van der Waals surface area (Å²) in [6, 6.07) is 0. The monoisotopic (exact) mass is 210 g/mol. The van der Waals surface area contributed by atoms with E-state index in [1.54, 1.807) is 0 Å². The van der Waals surface area contributed by atoms with Gasteiger partial charge in [-0.25, -0.2) is 8.78 Å². The minimum Gasteiger partial charge on any atom is -0.244 e. The zero-order valence-electron chi connectivity index (χ0n) is 8.36. The molecule has 0 aromatic heterocycles. The zero-order chi connectivity index (χ0) is 10.2. The van der Waals surface area contributed by atoms with Crippen LogP contribution in [-0.2, 0) is 0 Å². The van der Waals surface area contributed by atoms with Crippen LogP contribution in [0.15, 0.2) is 0 Å². The highest BCUT2D eigenvalue weighted by Crippen LogP contribution is 2.42. The van der Waals surface area contributed by atoms with Crippen LogP contribution in [0.4, 0.5) is 8.78 Å². The van der Waals surface area contributed by atoms with Crippen LogP contribution >= 0.6 is 11.6 Å². The molecule has 0 spiro atoms. The quantitative estimate of drug-likeness (QED) is 0.535. The minimum atomic E-state index is -1.49. The van der Waals surface area contributed by atoms with E-state index < -0.39 is 17.7 Å². The van der Waals surface area contributed by atoms with E-state index in [1.165, 1.54) is 0 Å². The van der Waals surface area contributed by atoms with Crippen molar-refractivity contribution in [2.45, 2.75) is 51.3 Å². The van der Waals surface area contributed by atoms with Gasteiger partial charge in [-0.2, -0.15) is 0 Å². The lowest BCUT2D eigenvalue weighted by atomic mass is 9.70. The molecule has 4 unspecified atom stereocenters. The Kier molecular flexibility index (Phi) is 3.21. The van der Waals surface area contributed by atoms with E-state index in [9.17, 15) is 8.78 Å². The number of alkyl halides is 3. The molecular weight excluding hydrogens is 194 g/mol. The van der Waals surface area contributed by atoms with Gasteiger partial charge in [0.2, 0.25) is 0 Å². The van der Waals surface area contributed by atoms with E-state index in [4.69, 9.17) is 11.6 Å². The third kappa shape index (κ3) is 2.34. The fraction of sp³-hybridized carbons (Fsp3) is 1.00. The largest absolute Gasteiger partial charge is 0.244 e. The summed E-state index contributed by atoms with van der Waals surface area (Å²) in [5.74, 6) is -0.197. The number of halogens is 3. The molecule has 0 amide bonds. The molecule has 78 valence electrons. The van der Waals surface area contributed by atoms with Crippen molar-refractivity contribution >= 4 is 11.6 Å². The number of rotatable bonds is 0. The first-order chi connectivity index (χ1) is 5.84. The van der Waals surface area contributed by atoms with Gasteiger partial charge in [0.25, 0.3) is 0 Å². The summed E-state index contributed by atoms with van der Waals surface area (Å²) < 4.78 is 26.8. The number of hydrogen-bond acceptors (Lipinski definition) is 0. The average molecular weight is 211 g/mol. The summed E-state index contributed by atoms with van der Waals surface area (Å²) in [6.07, 6.45) is -1.60. The fourth-order valence-corrected chi connectivity index (χ4v) is 2.25. The predicted octanol–water partition coefficient (Wildman–Crippen LogP) is 3.73. The summed E-state index contributed by atoms with van der Waals surface area (Å²) in [5, 5.41) is -0.631. The van der Waals surface area contributed by atoms with Crippen molar-refractivity contribution < 1.29 is 8.78 Å². The Balaban J connectivity index is 2.70. The van der Waals surface area contributed by atoms with Gasteiger partial charge in [0.05, 0.1) is 5.38 Å². The van der Waals surface area contributed by atoms with Crippen LogP contribution in [0.1, 0.15) is 33.6 Å². The Morgan fingerprint density at radius 3 is 2.08 bits per heavy atom. The standard InChI is InChI=1S/C10H17ClF2/c1-10(2,3)6-4-5-7(11)9(13)8(6)12/h6-9H,4-5H2,1-3H3. The minimum absolute atomic E-state index is 0.166. The number of hydrogen-bond donors (Lipinski definition) is 0. The van der Waals surface area contributed by atoms with Crippen molar-refractivity contribution in [3.8, 4) is 0 Å². The molecule has 1 aliphatic rings. The van der Waals surface area contributed by atoms with E-state index >= 15 is 0 Å². The first-order valence-electron chi connectivity index (χ1n) is 4.76. The smallest absolute Gasteiger partial charge is 0.148 e. The van der Waals surface area contributed by atoms with Gasteiger partial charge in [0.1, 0.15) is 12.3 Å². The highest BCUT2D eigenvalue weighted by Gasteiger charge is 2.44.